The minimum absolute atomic E-state index is 0.139. The predicted octanol–water partition coefficient (Wildman–Crippen LogP) is 8.57. The van der Waals surface area contributed by atoms with E-state index in [4.69, 9.17) is 9.47 Å². The first-order chi connectivity index (χ1) is 23.4. The highest BCUT2D eigenvalue weighted by Gasteiger charge is 2.21. The molecule has 0 fully saturated rings. The molecule has 0 bridgehead atoms. The summed E-state index contributed by atoms with van der Waals surface area (Å²) in [5.41, 5.74) is 2.51. The van der Waals surface area contributed by atoms with Crippen LogP contribution in [-0.2, 0) is 16.0 Å². The van der Waals surface area contributed by atoms with E-state index < -0.39 is 18.0 Å². The van der Waals surface area contributed by atoms with Crippen LogP contribution in [0.1, 0.15) is 74.2 Å². The molecule has 0 aliphatic rings. The average molecular weight is 651 g/mol. The molecule has 2 N–H and O–H groups in total. The second-order valence-electron chi connectivity index (χ2n) is 11.7. The first-order valence-electron chi connectivity index (χ1n) is 16.9. The number of carboxylic acids is 1. The Morgan fingerprint density at radius 3 is 2.10 bits per heavy atom. The first kappa shape index (κ1) is 35.7. The number of anilines is 2. The molecule has 1 amide bonds. The van der Waals surface area contributed by atoms with Gasteiger partial charge in [-0.15, -0.1) is 0 Å². The van der Waals surface area contributed by atoms with E-state index >= 15 is 0 Å². The number of unbranched alkanes of at least 4 members (excludes halogenated alkanes) is 5. The van der Waals surface area contributed by atoms with Gasteiger partial charge >= 0.3 is 11.9 Å². The van der Waals surface area contributed by atoms with Gasteiger partial charge in [0.1, 0.15) is 11.8 Å². The van der Waals surface area contributed by atoms with Gasteiger partial charge in [0, 0.05) is 25.1 Å². The Kier molecular flexibility index (Phi) is 14.5. The summed E-state index contributed by atoms with van der Waals surface area (Å²) < 4.78 is 11.6. The van der Waals surface area contributed by atoms with Crippen LogP contribution in [-0.4, -0.2) is 42.1 Å². The van der Waals surface area contributed by atoms with E-state index in [1.165, 1.54) is 25.7 Å². The van der Waals surface area contributed by atoms with Gasteiger partial charge < -0.3 is 24.8 Å². The van der Waals surface area contributed by atoms with Crippen molar-refractivity contribution in [2.24, 2.45) is 0 Å². The van der Waals surface area contributed by atoms with Crippen LogP contribution in [0.3, 0.4) is 0 Å². The summed E-state index contributed by atoms with van der Waals surface area (Å²) in [6.45, 7) is 3.20. The molecule has 0 aromatic heterocycles. The molecule has 0 aliphatic carbocycles. The van der Waals surface area contributed by atoms with Crippen LogP contribution in [0.5, 0.6) is 11.5 Å². The van der Waals surface area contributed by atoms with Crippen molar-refractivity contribution >= 4 is 29.2 Å². The number of nitrogens with zero attached hydrogens (tertiary/aromatic N) is 1. The van der Waals surface area contributed by atoms with E-state index in [1.54, 1.807) is 48.5 Å². The van der Waals surface area contributed by atoms with Crippen molar-refractivity contribution in [2.75, 3.05) is 23.4 Å². The van der Waals surface area contributed by atoms with E-state index in [-0.39, 0.29) is 18.1 Å². The zero-order valence-electron chi connectivity index (χ0n) is 27.7. The number of rotatable bonds is 20. The third-order valence-electron chi connectivity index (χ3n) is 8.00. The van der Waals surface area contributed by atoms with Crippen LogP contribution >= 0.6 is 0 Å². The lowest BCUT2D eigenvalue weighted by Gasteiger charge is -2.23. The number of carbonyl (C=O) groups excluding carboxylic acids is 2. The fraction of sp³-hybridized carbons (Fsp3) is 0.325. The first-order valence-corrected chi connectivity index (χ1v) is 16.9. The van der Waals surface area contributed by atoms with Crippen molar-refractivity contribution in [3.05, 3.63) is 120 Å². The van der Waals surface area contributed by atoms with Crippen molar-refractivity contribution in [1.29, 1.82) is 0 Å². The summed E-state index contributed by atoms with van der Waals surface area (Å²) in [6, 6.07) is 31.5. The number of aliphatic carboxylic acids is 1. The molecule has 252 valence electrons. The van der Waals surface area contributed by atoms with Gasteiger partial charge in [-0.05, 0) is 66.9 Å². The number of esters is 1. The highest BCUT2D eigenvalue weighted by atomic mass is 16.5. The lowest BCUT2D eigenvalue weighted by molar-refractivity contribution is -0.137. The number of hydrogen-bond acceptors (Lipinski definition) is 6. The van der Waals surface area contributed by atoms with Crippen LogP contribution in [0, 0.1) is 0 Å². The van der Waals surface area contributed by atoms with E-state index in [0.717, 1.165) is 24.1 Å². The van der Waals surface area contributed by atoms with E-state index in [9.17, 15) is 19.5 Å². The third-order valence-corrected chi connectivity index (χ3v) is 8.00. The molecule has 8 heteroatoms. The fourth-order valence-electron chi connectivity index (χ4n) is 5.36. The summed E-state index contributed by atoms with van der Waals surface area (Å²) in [4.78, 5) is 39.8. The highest BCUT2D eigenvalue weighted by molar-refractivity contribution is 5.93. The van der Waals surface area contributed by atoms with Crippen LogP contribution in [0.2, 0.25) is 0 Å². The third kappa shape index (κ3) is 11.6. The normalized spacial score (nSPS) is 11.4. The number of para-hydroxylation sites is 3. The maximum absolute atomic E-state index is 13.1. The Morgan fingerprint density at radius 2 is 1.40 bits per heavy atom. The highest BCUT2D eigenvalue weighted by Crippen LogP contribution is 2.27. The van der Waals surface area contributed by atoms with Crippen LogP contribution in [0.25, 0.3) is 0 Å². The van der Waals surface area contributed by atoms with Crippen LogP contribution in [0.4, 0.5) is 11.4 Å². The Morgan fingerprint density at radius 1 is 0.750 bits per heavy atom. The Labute approximate surface area is 283 Å². The fourth-order valence-corrected chi connectivity index (χ4v) is 5.36. The average Bonchev–Trinajstić information content (AvgIpc) is 3.11. The molecule has 4 aromatic carbocycles. The van der Waals surface area contributed by atoms with E-state index in [0.29, 0.717) is 43.0 Å². The zero-order chi connectivity index (χ0) is 34.0. The topological polar surface area (TPSA) is 105 Å². The number of hydrogen-bond donors (Lipinski definition) is 2. The molecule has 0 saturated carbocycles. The lowest BCUT2D eigenvalue weighted by Crippen LogP contribution is -2.32. The summed E-state index contributed by atoms with van der Waals surface area (Å²) >= 11 is 0. The molecule has 0 heterocycles. The Bertz CT molecular complexity index is 1560. The Balaban J connectivity index is 1.28. The number of ether oxygens (including phenoxy) is 2. The van der Waals surface area contributed by atoms with Gasteiger partial charge in [-0.2, -0.15) is 0 Å². The minimum atomic E-state index is -1.03. The quantitative estimate of drug-likeness (QED) is 0.0561. The number of carbonyl (C=O) groups is 3. The predicted molar refractivity (Wildman–Crippen MR) is 190 cm³/mol. The lowest BCUT2D eigenvalue weighted by atomic mass is 10.1. The number of nitrogens with one attached hydrogen (secondary N) is 1. The van der Waals surface area contributed by atoms with Gasteiger partial charge in [0.15, 0.2) is 5.75 Å². The SMILES string of the molecule is CCCCCCCCC(=O)N(CCCOc1ccc(CC(Nc2ccccc2OC(=O)c2ccccc2)C(=O)O)cc1)c1ccccc1. The molecule has 48 heavy (non-hydrogen) atoms. The summed E-state index contributed by atoms with van der Waals surface area (Å²) in [6.07, 6.45) is 8.24. The summed E-state index contributed by atoms with van der Waals surface area (Å²) in [7, 11) is 0. The summed E-state index contributed by atoms with van der Waals surface area (Å²) in [5.74, 6) is -0.509. The van der Waals surface area contributed by atoms with Crippen molar-refractivity contribution in [3.63, 3.8) is 0 Å². The largest absolute Gasteiger partial charge is 0.494 e. The number of amides is 1. The minimum Gasteiger partial charge on any atom is -0.494 e. The van der Waals surface area contributed by atoms with Gasteiger partial charge in [-0.1, -0.05) is 99.7 Å². The molecule has 0 aliphatic heterocycles. The van der Waals surface area contributed by atoms with Crippen molar-refractivity contribution in [1.82, 2.24) is 0 Å². The van der Waals surface area contributed by atoms with Gasteiger partial charge in [0.05, 0.1) is 17.9 Å². The van der Waals surface area contributed by atoms with Crippen molar-refractivity contribution < 1.29 is 29.0 Å². The molecule has 8 nitrogen and oxygen atoms in total. The maximum atomic E-state index is 13.1. The standard InChI is InChI=1S/C40H46N2O6/c1-2-3-4-5-6-13-23-38(43)42(33-19-11-8-12-20-33)28-16-29-47-34-26-24-31(25-27-34)30-36(39(44)45)41-35-21-14-15-22-37(35)48-40(46)32-17-9-7-10-18-32/h7-12,14-15,17-22,24-27,36,41H,2-6,13,16,23,28-30H2,1H3,(H,44,45). The van der Waals surface area contributed by atoms with Gasteiger partial charge in [-0.25, -0.2) is 9.59 Å². The molecule has 1 atom stereocenters. The summed E-state index contributed by atoms with van der Waals surface area (Å²) in [5, 5.41) is 13.0. The van der Waals surface area contributed by atoms with Crippen molar-refractivity contribution in [3.8, 4) is 11.5 Å². The van der Waals surface area contributed by atoms with Gasteiger partial charge in [0.2, 0.25) is 5.91 Å². The molecule has 0 radical (unpaired) electrons. The molecule has 1 unspecified atom stereocenters. The monoisotopic (exact) mass is 650 g/mol. The smallest absolute Gasteiger partial charge is 0.343 e. The van der Waals surface area contributed by atoms with Crippen LogP contribution in [0.15, 0.2) is 109 Å². The van der Waals surface area contributed by atoms with E-state index in [1.807, 2.05) is 65.6 Å². The molecule has 4 rings (SSSR count). The maximum Gasteiger partial charge on any atom is 0.343 e. The molecular formula is C40H46N2O6. The molecule has 0 saturated heterocycles. The number of carboxylic acid groups (broad SMARTS) is 1. The van der Waals surface area contributed by atoms with Crippen LogP contribution < -0.4 is 19.7 Å². The number of benzene rings is 4. The second kappa shape index (κ2) is 19.5. The van der Waals surface area contributed by atoms with E-state index in [2.05, 4.69) is 12.2 Å². The zero-order valence-corrected chi connectivity index (χ0v) is 27.7. The van der Waals surface area contributed by atoms with Gasteiger partial charge in [-0.3, -0.25) is 4.79 Å². The van der Waals surface area contributed by atoms with Gasteiger partial charge in [0.25, 0.3) is 0 Å². The molecule has 4 aromatic rings. The molecular weight excluding hydrogens is 604 g/mol. The second-order valence-corrected chi connectivity index (χ2v) is 11.7. The molecule has 0 spiro atoms. The Hall–Kier alpha value is -5.11. The van der Waals surface area contributed by atoms with Crippen molar-refractivity contribution in [2.45, 2.75) is 70.8 Å².